The van der Waals surface area contributed by atoms with Crippen LogP contribution in [-0.4, -0.2) is 0 Å². The van der Waals surface area contributed by atoms with Gasteiger partial charge in [-0.05, 0) is 103 Å². The van der Waals surface area contributed by atoms with Gasteiger partial charge in [-0.2, -0.15) is 0 Å². The smallest absolute Gasteiger partial charge is 0.159 e. The molecule has 0 N–H and O–H groups in total. The van der Waals surface area contributed by atoms with Gasteiger partial charge in [0, 0.05) is 54.6 Å². The average molecular weight is 1200 g/mol. The predicted octanol–water partition coefficient (Wildman–Crippen LogP) is 25.0. The first-order valence-electron chi connectivity index (χ1n) is 32.5. The highest BCUT2D eigenvalue weighted by Gasteiger charge is 2.49. The van der Waals surface area contributed by atoms with E-state index in [0.717, 1.165) is 133 Å². The highest BCUT2D eigenvalue weighted by atomic mass is 16.3. The second kappa shape index (κ2) is 21.5. The molecule has 4 nitrogen and oxygen atoms in total. The molecule has 0 unspecified atom stereocenters. The molecule has 0 amide bonds. The summed E-state index contributed by atoms with van der Waals surface area (Å²) in [6.45, 7) is 13.6. The van der Waals surface area contributed by atoms with E-state index in [0.29, 0.717) is 0 Å². The Bertz CT molecular complexity index is 5240. The van der Waals surface area contributed by atoms with Crippen molar-refractivity contribution in [2.45, 2.75) is 57.8 Å². The molecule has 0 aliphatic heterocycles. The van der Waals surface area contributed by atoms with E-state index in [2.05, 4.69) is 355 Å². The van der Waals surface area contributed by atoms with Crippen LogP contribution in [0.4, 0.5) is 34.1 Å². The quantitative estimate of drug-likeness (QED) is 0.137. The van der Waals surface area contributed by atoms with Crippen LogP contribution in [0.3, 0.4) is 0 Å². The second-order valence-electron chi connectivity index (χ2n) is 27.0. The maximum absolute atomic E-state index is 7.45. The van der Waals surface area contributed by atoms with Crippen molar-refractivity contribution in [3.8, 4) is 33.4 Å². The number of fused-ring (bicyclic) bond motifs is 13. The van der Waals surface area contributed by atoms with Crippen molar-refractivity contribution < 1.29 is 8.83 Å². The zero-order valence-corrected chi connectivity index (χ0v) is 53.1. The van der Waals surface area contributed by atoms with Crippen molar-refractivity contribution >= 4 is 99.5 Å². The van der Waals surface area contributed by atoms with Crippen molar-refractivity contribution in [1.29, 1.82) is 0 Å². The van der Waals surface area contributed by atoms with Gasteiger partial charge >= 0.3 is 0 Å². The standard InChI is InChI=1S/C89H68N2O2/c1-87(2,3)71-49-27-45-67-69-47-29-53-77(85(69)92-83(67)71)90(75-51-25-23-39-61(75)57-31-11-7-12-32-57)79-55-73-81(65-43-21-19-41-63(65)79)82-66-44-22-20-42-64(66)80(56-74(82)89(73,59-35-15-9-16-36-59)60-37-17-10-18-38-60)91(76-52-26-24-40-62(76)58-33-13-8-14-34-58)78-54-30-48-70-68-46-28-50-72(88(4,5)6)84(68)93-86(70)78/h7-56H,1-6H3. The van der Waals surface area contributed by atoms with Crippen molar-refractivity contribution in [3.05, 3.63) is 337 Å². The fraction of sp³-hybridized carbons (Fsp3) is 0.101. The summed E-state index contributed by atoms with van der Waals surface area (Å²) in [5.41, 5.74) is 22.2. The van der Waals surface area contributed by atoms with Crippen LogP contribution in [0.25, 0.3) is 98.8 Å². The highest BCUT2D eigenvalue weighted by molar-refractivity contribution is 6.21. The Morgan fingerprint density at radius 1 is 0.258 bits per heavy atom. The van der Waals surface area contributed by atoms with Gasteiger partial charge in [-0.1, -0.05) is 308 Å². The van der Waals surface area contributed by atoms with E-state index in [4.69, 9.17) is 8.83 Å². The first-order valence-corrected chi connectivity index (χ1v) is 32.5. The van der Waals surface area contributed by atoms with Crippen molar-refractivity contribution in [1.82, 2.24) is 0 Å². The lowest BCUT2D eigenvalue weighted by Gasteiger charge is -2.36. The SMILES string of the molecule is CC(C)(C)c1cccc2c1oc1c(N(c3ccccc3-c3ccccc3)c3cc4c(c5ccccc35)-c3c(cc(N(c5ccccc5-c5ccccc5)c5cccc6c5oc5c(C(C)(C)C)cccc56)c5ccccc35)C4(c3ccccc3)c3ccccc3)cccc12. The number of rotatable bonds is 10. The van der Waals surface area contributed by atoms with Gasteiger partial charge in [-0.25, -0.2) is 0 Å². The maximum Gasteiger partial charge on any atom is 0.159 e. The Labute approximate surface area is 542 Å². The van der Waals surface area contributed by atoms with Crippen molar-refractivity contribution in [3.63, 3.8) is 0 Å². The third kappa shape index (κ3) is 8.65. The van der Waals surface area contributed by atoms with Crippen LogP contribution in [0.2, 0.25) is 0 Å². The van der Waals surface area contributed by atoms with Crippen LogP contribution >= 0.6 is 0 Å². The molecular formula is C89H68N2O2. The fourth-order valence-electron chi connectivity index (χ4n) is 15.5. The maximum atomic E-state index is 7.45. The van der Waals surface area contributed by atoms with Gasteiger partial charge in [0.15, 0.2) is 11.2 Å². The topological polar surface area (TPSA) is 32.8 Å². The Morgan fingerprint density at radius 3 is 0.946 bits per heavy atom. The zero-order chi connectivity index (χ0) is 62.7. The molecule has 2 aromatic heterocycles. The number of benzene rings is 14. The Hall–Kier alpha value is -11.2. The summed E-state index contributed by atoms with van der Waals surface area (Å²) in [4.78, 5) is 5.03. The molecule has 1 aliphatic carbocycles. The van der Waals surface area contributed by atoms with Crippen LogP contribution in [0, 0.1) is 0 Å². The molecule has 0 atom stereocenters. The number of furan rings is 2. The van der Waals surface area contributed by atoms with Crippen LogP contribution < -0.4 is 9.80 Å². The molecule has 17 rings (SSSR count). The molecule has 4 heteroatoms. The molecule has 14 aromatic carbocycles. The molecule has 16 aromatic rings. The molecular weight excluding hydrogens is 1130 g/mol. The third-order valence-corrected chi connectivity index (χ3v) is 19.6. The van der Waals surface area contributed by atoms with Gasteiger partial charge < -0.3 is 18.6 Å². The van der Waals surface area contributed by atoms with Gasteiger partial charge in [0.2, 0.25) is 0 Å². The van der Waals surface area contributed by atoms with Crippen LogP contribution in [0.5, 0.6) is 0 Å². The van der Waals surface area contributed by atoms with Crippen LogP contribution in [-0.2, 0) is 16.2 Å². The first-order chi connectivity index (χ1) is 45.5. The summed E-state index contributed by atoms with van der Waals surface area (Å²) in [5, 5.41) is 8.88. The van der Waals surface area contributed by atoms with Gasteiger partial charge in [0.25, 0.3) is 0 Å². The van der Waals surface area contributed by atoms with E-state index in [1.807, 2.05) is 0 Å². The number of hydrogen-bond donors (Lipinski definition) is 0. The molecule has 1 aliphatic rings. The lowest BCUT2D eigenvalue weighted by Crippen LogP contribution is -2.29. The number of para-hydroxylation sites is 6. The average Bonchev–Trinajstić information content (AvgIpc) is 1.52. The van der Waals surface area contributed by atoms with Gasteiger partial charge in [-0.15, -0.1) is 0 Å². The molecule has 446 valence electrons. The second-order valence-corrected chi connectivity index (χ2v) is 27.0. The molecule has 2 heterocycles. The lowest BCUT2D eigenvalue weighted by atomic mass is 9.67. The molecule has 0 saturated heterocycles. The van der Waals surface area contributed by atoms with Crippen LogP contribution in [0.1, 0.15) is 74.9 Å². The molecule has 93 heavy (non-hydrogen) atoms. The number of anilines is 6. The van der Waals surface area contributed by atoms with E-state index in [-0.39, 0.29) is 10.8 Å². The normalized spacial score (nSPS) is 12.9. The molecule has 0 fully saturated rings. The number of nitrogens with zero attached hydrogens (tertiary/aromatic N) is 2. The molecule has 0 radical (unpaired) electrons. The minimum Gasteiger partial charge on any atom is -0.454 e. The summed E-state index contributed by atoms with van der Waals surface area (Å²) in [5.74, 6) is 0. The fourth-order valence-corrected chi connectivity index (χ4v) is 15.5. The van der Waals surface area contributed by atoms with E-state index >= 15 is 0 Å². The summed E-state index contributed by atoms with van der Waals surface area (Å²) in [6.07, 6.45) is 0. The Morgan fingerprint density at radius 2 is 0.559 bits per heavy atom. The Balaban J connectivity index is 1.03. The first kappa shape index (κ1) is 55.8. The number of hydrogen-bond acceptors (Lipinski definition) is 4. The zero-order valence-electron chi connectivity index (χ0n) is 53.1. The monoisotopic (exact) mass is 1200 g/mol. The van der Waals surface area contributed by atoms with Crippen LogP contribution in [0.15, 0.2) is 312 Å². The largest absolute Gasteiger partial charge is 0.454 e. The minimum absolute atomic E-state index is 0.167. The minimum atomic E-state index is -0.903. The van der Waals surface area contributed by atoms with Gasteiger partial charge in [-0.3, -0.25) is 0 Å². The van der Waals surface area contributed by atoms with Gasteiger partial charge in [0.1, 0.15) is 11.2 Å². The Kier molecular flexibility index (Phi) is 12.9. The summed E-state index contributed by atoms with van der Waals surface area (Å²) in [6, 6.07) is 112. The van der Waals surface area contributed by atoms with E-state index in [1.165, 1.54) is 33.4 Å². The summed E-state index contributed by atoms with van der Waals surface area (Å²) in [7, 11) is 0. The molecule has 0 bridgehead atoms. The van der Waals surface area contributed by atoms with E-state index < -0.39 is 5.41 Å². The summed E-state index contributed by atoms with van der Waals surface area (Å²) >= 11 is 0. The molecule has 0 saturated carbocycles. The van der Waals surface area contributed by atoms with Gasteiger partial charge in [0.05, 0.1) is 39.5 Å². The highest BCUT2D eigenvalue weighted by Crippen LogP contribution is 2.64. The van der Waals surface area contributed by atoms with E-state index in [9.17, 15) is 0 Å². The predicted molar refractivity (Wildman–Crippen MR) is 391 cm³/mol. The summed E-state index contributed by atoms with van der Waals surface area (Å²) < 4.78 is 14.9. The van der Waals surface area contributed by atoms with Crippen molar-refractivity contribution in [2.24, 2.45) is 0 Å². The molecule has 0 spiro atoms. The van der Waals surface area contributed by atoms with Crippen molar-refractivity contribution in [2.75, 3.05) is 9.80 Å². The third-order valence-electron chi connectivity index (χ3n) is 19.6. The van der Waals surface area contributed by atoms with E-state index in [1.54, 1.807) is 0 Å². The lowest BCUT2D eigenvalue weighted by molar-refractivity contribution is 0.572.